The molecule has 3 heteroatoms. The van der Waals surface area contributed by atoms with Gasteiger partial charge in [-0.15, -0.1) is 0 Å². The summed E-state index contributed by atoms with van der Waals surface area (Å²) < 4.78 is 5.84. The van der Waals surface area contributed by atoms with Crippen LogP contribution in [0.3, 0.4) is 0 Å². The molecule has 0 N–H and O–H groups in total. The predicted molar refractivity (Wildman–Crippen MR) is 65.6 cm³/mol. The average Bonchev–Trinajstić information content (AvgIpc) is 2.92. The topological polar surface area (TPSA) is 29.5 Å². The lowest BCUT2D eigenvalue weighted by Gasteiger charge is -2.20. The van der Waals surface area contributed by atoms with E-state index in [2.05, 4.69) is 11.8 Å². The van der Waals surface area contributed by atoms with Crippen LogP contribution in [-0.2, 0) is 9.53 Å². The molecule has 0 aromatic heterocycles. The van der Waals surface area contributed by atoms with Crippen molar-refractivity contribution in [1.82, 2.24) is 4.90 Å². The van der Waals surface area contributed by atoms with Crippen LogP contribution in [0.25, 0.3) is 0 Å². The van der Waals surface area contributed by atoms with Crippen LogP contribution in [0.15, 0.2) is 0 Å². The van der Waals surface area contributed by atoms with Crippen LogP contribution in [0, 0.1) is 11.8 Å². The maximum absolute atomic E-state index is 12.2. The number of hydrogen-bond acceptors (Lipinski definition) is 2. The summed E-state index contributed by atoms with van der Waals surface area (Å²) in [5.41, 5.74) is 0. The third kappa shape index (κ3) is 2.35. The van der Waals surface area contributed by atoms with Crippen LogP contribution in [0.5, 0.6) is 0 Å². The quantitative estimate of drug-likeness (QED) is 0.737. The molecule has 0 aromatic rings. The first kappa shape index (κ1) is 11.5. The van der Waals surface area contributed by atoms with Crippen molar-refractivity contribution < 1.29 is 9.53 Å². The van der Waals surface area contributed by atoms with Gasteiger partial charge in [-0.3, -0.25) is 4.79 Å². The Hall–Kier alpha value is -0.570. The summed E-state index contributed by atoms with van der Waals surface area (Å²) >= 11 is 0. The molecule has 3 aliphatic rings. The lowest BCUT2D eigenvalue weighted by molar-refractivity contribution is -0.132. The van der Waals surface area contributed by atoms with Crippen molar-refractivity contribution in [2.24, 2.45) is 11.8 Å². The monoisotopic (exact) mass is 237 g/mol. The van der Waals surface area contributed by atoms with Gasteiger partial charge in [0.2, 0.25) is 5.91 Å². The van der Waals surface area contributed by atoms with Gasteiger partial charge < -0.3 is 9.64 Å². The first-order valence-corrected chi connectivity index (χ1v) is 7.15. The number of rotatable bonds is 2. The molecule has 2 aliphatic heterocycles. The standard InChI is InChI=1S/C14H23NO2/c1-10-6-12-8-15(9-13(12)17-10)14(16)7-11-4-2-3-5-11/h10-13H,2-9H2,1H3/t10-,12+,13-/m1/s1. The summed E-state index contributed by atoms with van der Waals surface area (Å²) in [6.45, 7) is 3.93. The van der Waals surface area contributed by atoms with Crippen molar-refractivity contribution >= 4 is 5.91 Å². The predicted octanol–water partition coefficient (Wildman–Crippen LogP) is 2.20. The minimum absolute atomic E-state index is 0.331. The normalized spacial score (nSPS) is 37.7. The van der Waals surface area contributed by atoms with Crippen LogP contribution in [0.4, 0.5) is 0 Å². The van der Waals surface area contributed by atoms with Crippen molar-refractivity contribution in [2.75, 3.05) is 13.1 Å². The van der Waals surface area contributed by atoms with Gasteiger partial charge in [0.25, 0.3) is 0 Å². The molecule has 3 nitrogen and oxygen atoms in total. The number of carbonyl (C=O) groups excluding carboxylic acids is 1. The second-order valence-electron chi connectivity index (χ2n) is 6.13. The van der Waals surface area contributed by atoms with Gasteiger partial charge in [-0.05, 0) is 32.1 Å². The van der Waals surface area contributed by atoms with Crippen molar-refractivity contribution in [3.05, 3.63) is 0 Å². The molecule has 1 saturated carbocycles. The maximum Gasteiger partial charge on any atom is 0.222 e. The van der Waals surface area contributed by atoms with E-state index in [1.165, 1.54) is 25.7 Å². The fourth-order valence-electron chi connectivity index (χ4n) is 3.80. The Labute approximate surface area is 104 Å². The van der Waals surface area contributed by atoms with E-state index in [1.54, 1.807) is 0 Å². The van der Waals surface area contributed by atoms with Crippen LogP contribution in [-0.4, -0.2) is 36.1 Å². The highest BCUT2D eigenvalue weighted by Crippen LogP contribution is 2.34. The lowest BCUT2D eigenvalue weighted by atomic mass is 10.0. The number of hydrogen-bond donors (Lipinski definition) is 0. The third-order valence-corrected chi connectivity index (χ3v) is 4.71. The van der Waals surface area contributed by atoms with E-state index >= 15 is 0 Å². The minimum Gasteiger partial charge on any atom is -0.373 e. The minimum atomic E-state index is 0.331. The number of amides is 1. The highest BCUT2D eigenvalue weighted by molar-refractivity contribution is 5.76. The van der Waals surface area contributed by atoms with Gasteiger partial charge in [-0.25, -0.2) is 0 Å². The van der Waals surface area contributed by atoms with Crippen LogP contribution in [0.1, 0.15) is 45.4 Å². The Balaban J connectivity index is 1.51. The fraction of sp³-hybridized carbons (Fsp3) is 0.929. The molecule has 3 fully saturated rings. The maximum atomic E-state index is 12.2. The molecule has 96 valence electrons. The molecule has 0 unspecified atom stereocenters. The number of nitrogens with zero attached hydrogens (tertiary/aromatic N) is 1. The Morgan fingerprint density at radius 3 is 2.76 bits per heavy atom. The summed E-state index contributed by atoms with van der Waals surface area (Å²) in [5.74, 6) is 1.66. The molecule has 1 amide bonds. The van der Waals surface area contributed by atoms with E-state index < -0.39 is 0 Å². The molecule has 0 spiro atoms. The van der Waals surface area contributed by atoms with Crippen LogP contribution < -0.4 is 0 Å². The number of carbonyl (C=O) groups is 1. The van der Waals surface area contributed by atoms with E-state index in [-0.39, 0.29) is 0 Å². The van der Waals surface area contributed by atoms with E-state index in [4.69, 9.17) is 4.74 Å². The molecule has 1 aliphatic carbocycles. The van der Waals surface area contributed by atoms with Crippen LogP contribution in [0.2, 0.25) is 0 Å². The highest BCUT2D eigenvalue weighted by atomic mass is 16.5. The zero-order chi connectivity index (χ0) is 11.8. The third-order valence-electron chi connectivity index (χ3n) is 4.71. The van der Waals surface area contributed by atoms with Gasteiger partial charge in [0.1, 0.15) is 0 Å². The molecular weight excluding hydrogens is 214 g/mol. The first-order valence-electron chi connectivity index (χ1n) is 7.15. The summed E-state index contributed by atoms with van der Waals surface area (Å²) in [7, 11) is 0. The van der Waals surface area contributed by atoms with E-state index in [0.717, 1.165) is 25.9 Å². The Morgan fingerprint density at radius 1 is 1.29 bits per heavy atom. The Bertz CT molecular complexity index is 285. The van der Waals surface area contributed by atoms with E-state index in [1.807, 2.05) is 0 Å². The zero-order valence-corrected chi connectivity index (χ0v) is 10.7. The van der Waals surface area contributed by atoms with Crippen molar-refractivity contribution in [2.45, 2.75) is 57.7 Å². The largest absolute Gasteiger partial charge is 0.373 e. The summed E-state index contributed by atoms with van der Waals surface area (Å²) in [6, 6.07) is 0. The molecule has 2 heterocycles. The van der Waals surface area contributed by atoms with Gasteiger partial charge in [0.05, 0.1) is 12.2 Å². The smallest absolute Gasteiger partial charge is 0.222 e. The van der Waals surface area contributed by atoms with Crippen molar-refractivity contribution in [1.29, 1.82) is 0 Å². The van der Waals surface area contributed by atoms with Gasteiger partial charge in [-0.1, -0.05) is 12.8 Å². The van der Waals surface area contributed by atoms with E-state index in [0.29, 0.717) is 30.0 Å². The Morgan fingerprint density at radius 2 is 2.06 bits per heavy atom. The first-order chi connectivity index (χ1) is 8.22. The van der Waals surface area contributed by atoms with Gasteiger partial charge in [0.15, 0.2) is 0 Å². The SMILES string of the molecule is C[C@@H]1C[C@H]2CN(C(=O)CC3CCCC3)C[C@H]2O1. The molecular formula is C14H23NO2. The molecule has 17 heavy (non-hydrogen) atoms. The second kappa shape index (κ2) is 4.60. The number of likely N-dealkylation sites (tertiary alicyclic amines) is 1. The molecule has 0 aromatic carbocycles. The molecule has 3 atom stereocenters. The highest BCUT2D eigenvalue weighted by Gasteiger charge is 2.42. The average molecular weight is 237 g/mol. The summed E-state index contributed by atoms with van der Waals surface area (Å²) in [4.78, 5) is 14.2. The van der Waals surface area contributed by atoms with Crippen LogP contribution >= 0.6 is 0 Å². The van der Waals surface area contributed by atoms with Gasteiger partial charge >= 0.3 is 0 Å². The molecule has 3 rings (SSSR count). The molecule has 0 radical (unpaired) electrons. The number of fused-ring (bicyclic) bond motifs is 1. The summed E-state index contributed by atoms with van der Waals surface area (Å²) in [5, 5.41) is 0. The van der Waals surface area contributed by atoms with Gasteiger partial charge in [-0.2, -0.15) is 0 Å². The molecule has 0 bridgehead atoms. The Kier molecular flexibility index (Phi) is 3.12. The molecule has 2 saturated heterocycles. The van der Waals surface area contributed by atoms with E-state index in [9.17, 15) is 4.79 Å². The van der Waals surface area contributed by atoms with Crippen molar-refractivity contribution in [3.8, 4) is 0 Å². The summed E-state index contributed by atoms with van der Waals surface area (Å²) in [6.07, 6.45) is 7.83. The van der Waals surface area contributed by atoms with Gasteiger partial charge in [0, 0.05) is 25.4 Å². The zero-order valence-electron chi connectivity index (χ0n) is 10.7. The number of ether oxygens (including phenoxy) is 1. The lowest BCUT2D eigenvalue weighted by Crippen LogP contribution is -2.32. The fourth-order valence-corrected chi connectivity index (χ4v) is 3.80. The second-order valence-corrected chi connectivity index (χ2v) is 6.13. The van der Waals surface area contributed by atoms with Crippen molar-refractivity contribution in [3.63, 3.8) is 0 Å².